The van der Waals surface area contributed by atoms with Crippen molar-refractivity contribution in [2.45, 2.75) is 33.2 Å². The molecule has 0 spiro atoms. The number of rotatable bonds is 6. The van der Waals surface area contributed by atoms with Crippen molar-refractivity contribution in [1.29, 1.82) is 0 Å². The Hall–Kier alpha value is -1.88. The second kappa shape index (κ2) is 7.22. The summed E-state index contributed by atoms with van der Waals surface area (Å²) in [5.41, 5.74) is 2.08. The predicted molar refractivity (Wildman–Crippen MR) is 85.7 cm³/mol. The van der Waals surface area contributed by atoms with E-state index in [2.05, 4.69) is 10.3 Å². The Kier molecular flexibility index (Phi) is 5.33. The quantitative estimate of drug-likeness (QED) is 0.889. The third-order valence-electron chi connectivity index (χ3n) is 3.11. The minimum Gasteiger partial charge on any atom is -0.484 e. The Balaban J connectivity index is 1.89. The van der Waals surface area contributed by atoms with Crippen LogP contribution in [0, 0.1) is 6.92 Å². The molecule has 0 radical (unpaired) electrons. The molecule has 0 aliphatic heterocycles. The molecule has 2 rings (SSSR count). The number of aryl methyl sites for hydroxylation is 1. The molecule has 5 heteroatoms. The lowest BCUT2D eigenvalue weighted by molar-refractivity contribution is -0.123. The fourth-order valence-corrected chi connectivity index (χ4v) is 2.55. The number of ether oxygens (including phenoxy) is 1. The van der Waals surface area contributed by atoms with Gasteiger partial charge in [-0.1, -0.05) is 6.92 Å². The zero-order valence-corrected chi connectivity index (χ0v) is 13.4. The molecule has 0 saturated carbocycles. The number of hydrogen-bond acceptors (Lipinski definition) is 4. The number of hydrogen-bond donors (Lipinski definition) is 1. The molecule has 0 saturated heterocycles. The maximum Gasteiger partial charge on any atom is 0.258 e. The van der Waals surface area contributed by atoms with E-state index in [0.717, 1.165) is 22.7 Å². The van der Waals surface area contributed by atoms with Crippen LogP contribution in [0.25, 0.3) is 10.6 Å². The fraction of sp³-hybridized carbons (Fsp3) is 0.375. The van der Waals surface area contributed by atoms with Crippen molar-refractivity contribution in [3.05, 3.63) is 35.3 Å². The lowest BCUT2D eigenvalue weighted by atomic mass is 10.2. The van der Waals surface area contributed by atoms with Gasteiger partial charge in [-0.2, -0.15) is 0 Å². The summed E-state index contributed by atoms with van der Waals surface area (Å²) >= 11 is 1.62. The molecule has 112 valence electrons. The first-order valence-electron chi connectivity index (χ1n) is 7.03. The Morgan fingerprint density at radius 2 is 2.10 bits per heavy atom. The molecule has 1 aromatic carbocycles. The van der Waals surface area contributed by atoms with Crippen molar-refractivity contribution in [3.63, 3.8) is 0 Å². The maximum atomic E-state index is 11.6. The average Bonchev–Trinajstić information content (AvgIpc) is 2.92. The molecule has 2 aromatic rings. The maximum absolute atomic E-state index is 11.6. The number of benzene rings is 1. The summed E-state index contributed by atoms with van der Waals surface area (Å²) in [4.78, 5) is 16.1. The highest BCUT2D eigenvalue weighted by Gasteiger charge is 2.07. The van der Waals surface area contributed by atoms with Crippen LogP contribution in [0.5, 0.6) is 5.75 Å². The highest BCUT2D eigenvalue weighted by atomic mass is 32.1. The molecule has 0 aliphatic carbocycles. The molecular weight excluding hydrogens is 284 g/mol. The molecule has 1 N–H and O–H groups in total. The molecule has 0 aliphatic rings. The van der Waals surface area contributed by atoms with Crippen molar-refractivity contribution in [1.82, 2.24) is 10.3 Å². The second-order valence-electron chi connectivity index (χ2n) is 4.98. The van der Waals surface area contributed by atoms with Gasteiger partial charge in [-0.25, -0.2) is 4.98 Å². The van der Waals surface area contributed by atoms with Crippen LogP contribution in [0.2, 0.25) is 0 Å². The second-order valence-corrected chi connectivity index (χ2v) is 5.84. The lowest BCUT2D eigenvalue weighted by Gasteiger charge is -2.12. The van der Waals surface area contributed by atoms with Crippen molar-refractivity contribution < 1.29 is 9.53 Å². The van der Waals surface area contributed by atoms with Crippen LogP contribution in [-0.4, -0.2) is 23.5 Å². The molecule has 21 heavy (non-hydrogen) atoms. The van der Waals surface area contributed by atoms with Gasteiger partial charge in [0, 0.05) is 22.7 Å². The SMILES string of the molecule is CC[C@H](C)NC(=O)COc1ccc(-c2nc(C)cs2)cc1. The topological polar surface area (TPSA) is 51.2 Å². The highest BCUT2D eigenvalue weighted by molar-refractivity contribution is 7.13. The molecule has 1 amide bonds. The molecular formula is C16H20N2O2S. The molecule has 4 nitrogen and oxygen atoms in total. The van der Waals surface area contributed by atoms with Crippen LogP contribution >= 0.6 is 11.3 Å². The number of aromatic nitrogens is 1. The average molecular weight is 304 g/mol. The zero-order chi connectivity index (χ0) is 15.2. The standard InChI is InChI=1S/C16H20N2O2S/c1-4-11(2)17-15(19)9-20-14-7-5-13(6-8-14)16-18-12(3)10-21-16/h5-8,10-11H,4,9H2,1-3H3,(H,17,19)/t11-/m0/s1. The van der Waals surface area contributed by atoms with Crippen molar-refractivity contribution in [2.75, 3.05) is 6.61 Å². The summed E-state index contributed by atoms with van der Waals surface area (Å²) in [6.45, 7) is 6.03. The monoisotopic (exact) mass is 304 g/mol. The summed E-state index contributed by atoms with van der Waals surface area (Å²) in [6, 6.07) is 7.82. The molecule has 1 aromatic heterocycles. The number of nitrogens with zero attached hydrogens (tertiary/aromatic N) is 1. The van der Waals surface area contributed by atoms with E-state index in [1.807, 2.05) is 50.4 Å². The smallest absolute Gasteiger partial charge is 0.258 e. The van der Waals surface area contributed by atoms with E-state index < -0.39 is 0 Å². The molecule has 0 bridgehead atoms. The van der Waals surface area contributed by atoms with E-state index in [1.54, 1.807) is 11.3 Å². The number of nitrogens with one attached hydrogen (secondary N) is 1. The van der Waals surface area contributed by atoms with Gasteiger partial charge in [0.1, 0.15) is 10.8 Å². The van der Waals surface area contributed by atoms with E-state index in [1.165, 1.54) is 0 Å². The fourth-order valence-electron chi connectivity index (χ4n) is 1.75. The lowest BCUT2D eigenvalue weighted by Crippen LogP contribution is -2.35. The molecule has 1 heterocycles. The van der Waals surface area contributed by atoms with Crippen molar-refractivity contribution >= 4 is 17.2 Å². The van der Waals surface area contributed by atoms with E-state index >= 15 is 0 Å². The number of carbonyl (C=O) groups excluding carboxylic acids is 1. The van der Waals surface area contributed by atoms with Crippen LogP contribution < -0.4 is 10.1 Å². The van der Waals surface area contributed by atoms with E-state index in [0.29, 0.717) is 5.75 Å². The summed E-state index contributed by atoms with van der Waals surface area (Å²) in [6.07, 6.45) is 0.910. The summed E-state index contributed by atoms with van der Waals surface area (Å²) in [7, 11) is 0. The normalized spacial score (nSPS) is 12.0. The van der Waals surface area contributed by atoms with Gasteiger partial charge in [-0.05, 0) is 44.5 Å². The Morgan fingerprint density at radius 3 is 2.67 bits per heavy atom. The molecule has 0 unspecified atom stereocenters. The Morgan fingerprint density at radius 1 is 1.38 bits per heavy atom. The van der Waals surface area contributed by atoms with Crippen molar-refractivity contribution in [3.8, 4) is 16.3 Å². The first-order chi connectivity index (χ1) is 10.1. The number of thiazole rings is 1. The Bertz CT molecular complexity index is 593. The first kappa shape index (κ1) is 15.5. The van der Waals surface area contributed by atoms with Crippen LogP contribution in [0.3, 0.4) is 0 Å². The number of amides is 1. The summed E-state index contributed by atoms with van der Waals surface area (Å²) in [5, 5.41) is 5.89. The Labute approximate surface area is 129 Å². The third kappa shape index (κ3) is 4.56. The predicted octanol–water partition coefficient (Wildman–Crippen LogP) is 3.41. The molecule has 1 atom stereocenters. The van der Waals surface area contributed by atoms with E-state index in [-0.39, 0.29) is 18.6 Å². The van der Waals surface area contributed by atoms with Crippen LogP contribution in [0.15, 0.2) is 29.6 Å². The minimum absolute atomic E-state index is 0.0417. The van der Waals surface area contributed by atoms with Crippen LogP contribution in [0.4, 0.5) is 0 Å². The zero-order valence-electron chi connectivity index (χ0n) is 12.6. The van der Waals surface area contributed by atoms with Gasteiger partial charge in [0.2, 0.25) is 0 Å². The van der Waals surface area contributed by atoms with Gasteiger partial charge in [0.25, 0.3) is 5.91 Å². The molecule has 0 fully saturated rings. The first-order valence-corrected chi connectivity index (χ1v) is 7.91. The van der Waals surface area contributed by atoms with Gasteiger partial charge < -0.3 is 10.1 Å². The highest BCUT2D eigenvalue weighted by Crippen LogP contribution is 2.25. The van der Waals surface area contributed by atoms with E-state index in [9.17, 15) is 4.79 Å². The van der Waals surface area contributed by atoms with Gasteiger partial charge in [-0.3, -0.25) is 4.79 Å². The third-order valence-corrected chi connectivity index (χ3v) is 4.12. The largest absolute Gasteiger partial charge is 0.484 e. The summed E-state index contributed by atoms with van der Waals surface area (Å²) in [5.74, 6) is 0.593. The minimum atomic E-state index is -0.0935. The van der Waals surface area contributed by atoms with Gasteiger partial charge in [0.15, 0.2) is 6.61 Å². The van der Waals surface area contributed by atoms with Gasteiger partial charge in [-0.15, -0.1) is 11.3 Å². The van der Waals surface area contributed by atoms with E-state index in [4.69, 9.17) is 4.74 Å². The summed E-state index contributed by atoms with van der Waals surface area (Å²) < 4.78 is 5.48. The van der Waals surface area contributed by atoms with Gasteiger partial charge >= 0.3 is 0 Å². The van der Waals surface area contributed by atoms with Crippen LogP contribution in [0.1, 0.15) is 26.0 Å². The number of carbonyl (C=O) groups is 1. The van der Waals surface area contributed by atoms with Crippen LogP contribution in [-0.2, 0) is 4.79 Å². The van der Waals surface area contributed by atoms with Gasteiger partial charge in [0.05, 0.1) is 0 Å². The van der Waals surface area contributed by atoms with Crippen molar-refractivity contribution in [2.24, 2.45) is 0 Å².